The van der Waals surface area contributed by atoms with E-state index in [2.05, 4.69) is 80.9 Å². The van der Waals surface area contributed by atoms with Crippen molar-refractivity contribution in [2.24, 2.45) is 0 Å². The maximum atomic E-state index is 6.50. The Morgan fingerprint density at radius 3 is 2.03 bits per heavy atom. The van der Waals surface area contributed by atoms with Gasteiger partial charge in [0.05, 0.1) is 7.11 Å². The Morgan fingerprint density at radius 2 is 1.52 bits per heavy atom. The van der Waals surface area contributed by atoms with Crippen LogP contribution in [0, 0.1) is 0 Å². The Hall–Kier alpha value is -1.43. The zero-order valence-electron chi connectivity index (χ0n) is 18.6. The van der Waals surface area contributed by atoms with Crippen LogP contribution in [0.4, 0.5) is 0 Å². The van der Waals surface area contributed by atoms with Crippen LogP contribution in [-0.4, -0.2) is 23.3 Å². The van der Waals surface area contributed by atoms with Crippen LogP contribution in [0.25, 0.3) is 0 Å². The Bertz CT molecular complexity index is 756. The van der Waals surface area contributed by atoms with E-state index in [4.69, 9.17) is 9.57 Å². The highest BCUT2D eigenvalue weighted by atomic mass is 79.9. The van der Waals surface area contributed by atoms with Gasteiger partial charge in [0.25, 0.3) is 0 Å². The number of hydroxylamine groups is 2. The lowest BCUT2D eigenvalue weighted by atomic mass is 9.82. The molecule has 0 N–H and O–H groups in total. The third-order valence-electron chi connectivity index (χ3n) is 5.85. The lowest BCUT2D eigenvalue weighted by Gasteiger charge is -2.52. The SMILES string of the molecule is COc1ccc(C[n+]2ccc(C(C)ON3C(C)(C)CCCC3(C)C)cc2)cc1.[Br-]. The molecule has 1 aliphatic heterocycles. The zero-order chi connectivity index (χ0) is 20.4. The number of hydrogen-bond acceptors (Lipinski definition) is 3. The van der Waals surface area contributed by atoms with E-state index in [0.717, 1.165) is 12.3 Å². The molecule has 1 fully saturated rings. The fourth-order valence-corrected chi connectivity index (χ4v) is 4.27. The summed E-state index contributed by atoms with van der Waals surface area (Å²) in [4.78, 5) is 6.50. The Labute approximate surface area is 186 Å². The van der Waals surface area contributed by atoms with Crippen LogP contribution in [0.15, 0.2) is 48.8 Å². The van der Waals surface area contributed by atoms with Crippen molar-refractivity contribution in [3.8, 4) is 5.75 Å². The third kappa shape index (κ3) is 5.80. The van der Waals surface area contributed by atoms with Crippen LogP contribution >= 0.6 is 0 Å². The van der Waals surface area contributed by atoms with Crippen LogP contribution in [0.5, 0.6) is 5.75 Å². The Balaban J connectivity index is 0.00000300. The normalized spacial score (nSPS) is 19.2. The van der Waals surface area contributed by atoms with E-state index in [9.17, 15) is 0 Å². The molecule has 29 heavy (non-hydrogen) atoms. The molecule has 2 heterocycles. The Kier molecular flexibility index (Phi) is 7.88. The van der Waals surface area contributed by atoms with E-state index in [-0.39, 0.29) is 34.2 Å². The first kappa shape index (κ1) is 23.8. The molecule has 1 saturated heterocycles. The minimum absolute atomic E-state index is 0. The first-order valence-electron chi connectivity index (χ1n) is 10.3. The standard InChI is InChI=1S/C24H35N2O2.BrH/c1-19(28-26-23(2,3)14-7-15-24(26,4)5)21-12-16-25(17-13-21)18-20-8-10-22(27-6)11-9-20;/h8-13,16-17,19H,7,14-15,18H2,1-6H3;1H/q+1;/p-1. The van der Waals surface area contributed by atoms with Crippen molar-refractivity contribution in [1.29, 1.82) is 0 Å². The number of halogens is 1. The van der Waals surface area contributed by atoms with Crippen LogP contribution in [0.2, 0.25) is 0 Å². The molecule has 0 bridgehead atoms. The predicted molar refractivity (Wildman–Crippen MR) is 112 cm³/mol. The molecule has 1 aromatic carbocycles. The molecule has 1 aromatic heterocycles. The van der Waals surface area contributed by atoms with E-state index >= 15 is 0 Å². The van der Waals surface area contributed by atoms with Crippen LogP contribution < -0.4 is 26.3 Å². The Morgan fingerprint density at radius 1 is 0.966 bits per heavy atom. The number of nitrogens with zero attached hydrogens (tertiary/aromatic N) is 2. The van der Waals surface area contributed by atoms with Gasteiger partial charge in [0.2, 0.25) is 0 Å². The van der Waals surface area contributed by atoms with Crippen LogP contribution in [-0.2, 0) is 11.4 Å². The first-order chi connectivity index (χ1) is 13.2. The molecule has 160 valence electrons. The molecule has 5 heteroatoms. The summed E-state index contributed by atoms with van der Waals surface area (Å²) in [6, 6.07) is 12.5. The van der Waals surface area contributed by atoms with Gasteiger partial charge >= 0.3 is 0 Å². The number of aromatic nitrogens is 1. The van der Waals surface area contributed by atoms with E-state index in [1.807, 2.05) is 12.1 Å². The molecule has 4 nitrogen and oxygen atoms in total. The molecular weight excluding hydrogens is 428 g/mol. The number of piperidine rings is 1. The van der Waals surface area contributed by atoms with Gasteiger partial charge in [-0.15, -0.1) is 0 Å². The summed E-state index contributed by atoms with van der Waals surface area (Å²) in [5.41, 5.74) is 2.56. The number of pyridine rings is 1. The van der Waals surface area contributed by atoms with Gasteiger partial charge in [-0.3, -0.25) is 4.84 Å². The molecule has 1 atom stereocenters. The molecule has 0 aliphatic carbocycles. The highest BCUT2D eigenvalue weighted by Gasteiger charge is 2.43. The fourth-order valence-electron chi connectivity index (χ4n) is 4.27. The van der Waals surface area contributed by atoms with Crippen molar-refractivity contribution in [3.05, 3.63) is 59.9 Å². The average Bonchev–Trinajstić information content (AvgIpc) is 2.65. The average molecular weight is 463 g/mol. The van der Waals surface area contributed by atoms with Gasteiger partial charge in [-0.05, 0) is 83.7 Å². The van der Waals surface area contributed by atoms with Gasteiger partial charge < -0.3 is 21.7 Å². The summed E-state index contributed by atoms with van der Waals surface area (Å²) in [7, 11) is 1.69. The van der Waals surface area contributed by atoms with Crippen molar-refractivity contribution in [2.45, 2.75) is 77.6 Å². The number of benzene rings is 1. The number of hydrogen-bond donors (Lipinski definition) is 0. The summed E-state index contributed by atoms with van der Waals surface area (Å²) >= 11 is 0. The summed E-state index contributed by atoms with van der Waals surface area (Å²) in [5.74, 6) is 0.888. The molecule has 0 saturated carbocycles. The van der Waals surface area contributed by atoms with Crippen molar-refractivity contribution >= 4 is 0 Å². The maximum absolute atomic E-state index is 6.50. The largest absolute Gasteiger partial charge is 1.00 e. The summed E-state index contributed by atoms with van der Waals surface area (Å²) in [5, 5.41) is 2.24. The van der Waals surface area contributed by atoms with Gasteiger partial charge in [-0.2, -0.15) is 5.06 Å². The first-order valence-corrected chi connectivity index (χ1v) is 10.3. The molecule has 0 amide bonds. The number of ether oxygens (including phenoxy) is 1. The maximum Gasteiger partial charge on any atom is 0.173 e. The number of methoxy groups -OCH3 is 1. The molecule has 2 aromatic rings. The summed E-state index contributed by atoms with van der Waals surface area (Å²) < 4.78 is 7.42. The van der Waals surface area contributed by atoms with Gasteiger partial charge in [-0.25, -0.2) is 4.57 Å². The minimum Gasteiger partial charge on any atom is -1.00 e. The van der Waals surface area contributed by atoms with Crippen LogP contribution in [0.1, 0.15) is 71.1 Å². The van der Waals surface area contributed by atoms with Crippen LogP contribution in [0.3, 0.4) is 0 Å². The monoisotopic (exact) mass is 462 g/mol. The van der Waals surface area contributed by atoms with Crippen molar-refractivity contribution < 1.29 is 31.1 Å². The van der Waals surface area contributed by atoms with Gasteiger partial charge in [0.1, 0.15) is 11.9 Å². The molecule has 1 aliphatic rings. The second-order valence-electron chi connectivity index (χ2n) is 9.17. The minimum atomic E-state index is 0. The quantitative estimate of drug-likeness (QED) is 0.614. The molecular formula is C24H35BrN2O2. The molecule has 3 rings (SSSR count). The molecule has 0 spiro atoms. The van der Waals surface area contributed by atoms with Crippen molar-refractivity contribution in [3.63, 3.8) is 0 Å². The fraction of sp³-hybridized carbons (Fsp3) is 0.542. The number of rotatable bonds is 6. The van der Waals surface area contributed by atoms with E-state index in [1.165, 1.54) is 30.4 Å². The molecule has 1 unspecified atom stereocenters. The summed E-state index contributed by atoms with van der Waals surface area (Å²) in [6.07, 6.45) is 7.87. The van der Waals surface area contributed by atoms with Crippen molar-refractivity contribution in [2.75, 3.05) is 7.11 Å². The van der Waals surface area contributed by atoms with Crippen molar-refractivity contribution in [1.82, 2.24) is 5.06 Å². The predicted octanol–water partition coefficient (Wildman–Crippen LogP) is 2.07. The summed E-state index contributed by atoms with van der Waals surface area (Å²) in [6.45, 7) is 12.1. The third-order valence-corrected chi connectivity index (χ3v) is 5.85. The van der Waals surface area contributed by atoms with E-state index in [1.54, 1.807) is 7.11 Å². The lowest BCUT2D eigenvalue weighted by Crippen LogP contribution is -3.00. The zero-order valence-corrected chi connectivity index (χ0v) is 20.2. The second-order valence-corrected chi connectivity index (χ2v) is 9.17. The van der Waals surface area contributed by atoms with E-state index < -0.39 is 0 Å². The van der Waals surface area contributed by atoms with Gasteiger partial charge in [0, 0.05) is 28.8 Å². The lowest BCUT2D eigenvalue weighted by molar-refractivity contribution is -0.688. The van der Waals surface area contributed by atoms with E-state index in [0.29, 0.717) is 0 Å². The second kappa shape index (κ2) is 9.59. The smallest absolute Gasteiger partial charge is 0.173 e. The van der Waals surface area contributed by atoms with Gasteiger partial charge in [0.15, 0.2) is 18.9 Å². The highest BCUT2D eigenvalue weighted by molar-refractivity contribution is 5.26. The molecule has 0 radical (unpaired) electrons. The topological polar surface area (TPSA) is 25.6 Å². The van der Waals surface area contributed by atoms with Gasteiger partial charge in [-0.1, -0.05) is 0 Å². The highest BCUT2D eigenvalue weighted by Crippen LogP contribution is 2.40.